The Morgan fingerprint density at radius 3 is 2.14 bits per heavy atom. The third kappa shape index (κ3) is 6.34. The van der Waals surface area contributed by atoms with E-state index in [1.54, 1.807) is 18.9 Å². The maximum Gasteiger partial charge on any atom is 0.261 e. The van der Waals surface area contributed by atoms with Crippen molar-refractivity contribution in [2.24, 2.45) is 0 Å². The number of rotatable bonds is 7. The highest BCUT2D eigenvalue weighted by atomic mass is 16.5. The molecule has 0 bridgehead atoms. The molecular formula is C24H32N2O3. The average Bonchev–Trinajstić information content (AvgIpc) is 2.70. The molecule has 1 N–H and O–H groups in total. The first-order valence-electron chi connectivity index (χ1n) is 9.91. The van der Waals surface area contributed by atoms with Gasteiger partial charge in [0.25, 0.3) is 5.91 Å². The van der Waals surface area contributed by atoms with E-state index in [9.17, 15) is 9.59 Å². The molecule has 29 heavy (non-hydrogen) atoms. The zero-order chi connectivity index (χ0) is 21.6. The van der Waals surface area contributed by atoms with Crippen molar-refractivity contribution in [2.45, 2.75) is 52.6 Å². The Hall–Kier alpha value is -2.82. The number of benzene rings is 2. The lowest BCUT2D eigenvalue weighted by molar-refractivity contribution is -0.142. The van der Waals surface area contributed by atoms with Crippen LogP contribution >= 0.6 is 0 Å². The van der Waals surface area contributed by atoms with Crippen molar-refractivity contribution in [1.82, 2.24) is 10.2 Å². The Bertz CT molecular complexity index is 821. The van der Waals surface area contributed by atoms with E-state index >= 15 is 0 Å². The number of hydrogen-bond donors (Lipinski definition) is 1. The molecule has 5 nitrogen and oxygen atoms in total. The molecule has 156 valence electrons. The lowest BCUT2D eigenvalue weighted by Crippen LogP contribution is -2.48. The molecule has 0 aliphatic heterocycles. The molecule has 0 radical (unpaired) electrons. The SMILES string of the molecule is CNC(=O)[C@H](C)N(Cc1ccc(C)cc1)C(=O)COc1ccc(C(C)(C)C)cc1. The highest BCUT2D eigenvalue weighted by Gasteiger charge is 2.26. The number of likely N-dealkylation sites (N-methyl/N-ethyl adjacent to an activating group) is 1. The molecule has 0 saturated heterocycles. The largest absolute Gasteiger partial charge is 0.484 e. The molecule has 2 rings (SSSR count). The molecule has 0 spiro atoms. The van der Waals surface area contributed by atoms with Gasteiger partial charge in [0.05, 0.1) is 0 Å². The summed E-state index contributed by atoms with van der Waals surface area (Å²) in [6.45, 7) is 10.4. The summed E-state index contributed by atoms with van der Waals surface area (Å²) in [5.41, 5.74) is 3.37. The summed E-state index contributed by atoms with van der Waals surface area (Å²) in [5.74, 6) is 0.191. The molecule has 2 amide bonds. The molecule has 0 aromatic heterocycles. The standard InChI is InChI=1S/C24H32N2O3/c1-17-7-9-19(10-8-17)15-26(18(2)23(28)25-6)22(27)16-29-21-13-11-20(12-14-21)24(3,4)5/h7-14,18H,15-16H2,1-6H3,(H,25,28)/t18-/m0/s1. The second-order valence-electron chi connectivity index (χ2n) is 8.36. The highest BCUT2D eigenvalue weighted by molar-refractivity contribution is 5.87. The lowest BCUT2D eigenvalue weighted by atomic mass is 9.87. The van der Waals surface area contributed by atoms with Gasteiger partial charge in [0.15, 0.2) is 6.61 Å². The molecule has 5 heteroatoms. The second-order valence-corrected chi connectivity index (χ2v) is 8.36. The van der Waals surface area contributed by atoms with Gasteiger partial charge in [-0.2, -0.15) is 0 Å². The number of aryl methyl sites for hydroxylation is 1. The highest BCUT2D eigenvalue weighted by Crippen LogP contribution is 2.24. The molecule has 0 aliphatic carbocycles. The minimum atomic E-state index is -0.597. The zero-order valence-electron chi connectivity index (χ0n) is 18.3. The number of nitrogens with zero attached hydrogens (tertiary/aromatic N) is 1. The van der Waals surface area contributed by atoms with E-state index in [4.69, 9.17) is 4.74 Å². The van der Waals surface area contributed by atoms with E-state index in [-0.39, 0.29) is 23.8 Å². The summed E-state index contributed by atoms with van der Waals surface area (Å²) in [5, 5.41) is 2.62. The van der Waals surface area contributed by atoms with Gasteiger partial charge in [0, 0.05) is 13.6 Å². The molecule has 2 aromatic rings. The van der Waals surface area contributed by atoms with Crippen LogP contribution in [0.1, 0.15) is 44.4 Å². The Labute approximate surface area is 174 Å². The fourth-order valence-electron chi connectivity index (χ4n) is 2.96. The minimum absolute atomic E-state index is 0.0577. The predicted molar refractivity (Wildman–Crippen MR) is 116 cm³/mol. The molecule has 2 aromatic carbocycles. The summed E-state index contributed by atoms with van der Waals surface area (Å²) in [7, 11) is 1.57. The third-order valence-electron chi connectivity index (χ3n) is 4.97. The average molecular weight is 397 g/mol. The first kappa shape index (κ1) is 22.5. The predicted octanol–water partition coefficient (Wildman–Crippen LogP) is 3.83. The van der Waals surface area contributed by atoms with Crippen LogP contribution in [0.15, 0.2) is 48.5 Å². The quantitative estimate of drug-likeness (QED) is 0.774. The van der Waals surface area contributed by atoms with Crippen LogP contribution in [0.25, 0.3) is 0 Å². The van der Waals surface area contributed by atoms with Crippen LogP contribution < -0.4 is 10.1 Å². The van der Waals surface area contributed by atoms with Crippen LogP contribution in [-0.4, -0.2) is 36.4 Å². The molecule has 1 atom stereocenters. The summed E-state index contributed by atoms with van der Waals surface area (Å²) < 4.78 is 5.71. The van der Waals surface area contributed by atoms with Gasteiger partial charge in [-0.05, 0) is 42.5 Å². The Kier molecular flexibility index (Phi) is 7.43. The van der Waals surface area contributed by atoms with E-state index in [1.165, 1.54) is 5.56 Å². The second kappa shape index (κ2) is 9.59. The van der Waals surface area contributed by atoms with Crippen LogP contribution in [0.2, 0.25) is 0 Å². The lowest BCUT2D eigenvalue weighted by Gasteiger charge is -2.28. The molecular weight excluding hydrogens is 364 g/mol. The van der Waals surface area contributed by atoms with Gasteiger partial charge in [-0.15, -0.1) is 0 Å². The van der Waals surface area contributed by atoms with Gasteiger partial charge in [0.1, 0.15) is 11.8 Å². The summed E-state index contributed by atoms with van der Waals surface area (Å²) >= 11 is 0. The first-order chi connectivity index (χ1) is 13.6. The number of amides is 2. The van der Waals surface area contributed by atoms with Crippen LogP contribution in [0.4, 0.5) is 0 Å². The number of nitrogens with one attached hydrogen (secondary N) is 1. The van der Waals surface area contributed by atoms with Gasteiger partial charge in [-0.3, -0.25) is 9.59 Å². The van der Waals surface area contributed by atoms with Gasteiger partial charge in [-0.1, -0.05) is 62.7 Å². The summed E-state index contributed by atoms with van der Waals surface area (Å²) in [6, 6.07) is 15.1. The third-order valence-corrected chi connectivity index (χ3v) is 4.97. The fourth-order valence-corrected chi connectivity index (χ4v) is 2.96. The Morgan fingerprint density at radius 2 is 1.62 bits per heavy atom. The van der Waals surface area contributed by atoms with Crippen molar-refractivity contribution in [3.8, 4) is 5.75 Å². The van der Waals surface area contributed by atoms with Gasteiger partial charge < -0.3 is 15.0 Å². The van der Waals surface area contributed by atoms with Crippen molar-refractivity contribution in [2.75, 3.05) is 13.7 Å². The zero-order valence-corrected chi connectivity index (χ0v) is 18.3. The van der Waals surface area contributed by atoms with Gasteiger partial charge in [0.2, 0.25) is 5.91 Å². The van der Waals surface area contributed by atoms with Crippen molar-refractivity contribution >= 4 is 11.8 Å². The molecule has 0 fully saturated rings. The Morgan fingerprint density at radius 1 is 1.03 bits per heavy atom. The van der Waals surface area contributed by atoms with Crippen molar-refractivity contribution in [3.05, 3.63) is 65.2 Å². The van der Waals surface area contributed by atoms with E-state index in [0.29, 0.717) is 12.3 Å². The van der Waals surface area contributed by atoms with Crippen LogP contribution in [0.3, 0.4) is 0 Å². The van der Waals surface area contributed by atoms with Crippen LogP contribution in [0, 0.1) is 6.92 Å². The minimum Gasteiger partial charge on any atom is -0.484 e. The smallest absolute Gasteiger partial charge is 0.261 e. The topological polar surface area (TPSA) is 58.6 Å². The van der Waals surface area contributed by atoms with E-state index in [2.05, 4.69) is 26.1 Å². The molecule has 0 aliphatic rings. The Balaban J connectivity index is 2.10. The van der Waals surface area contributed by atoms with E-state index in [1.807, 2.05) is 55.5 Å². The normalized spacial score (nSPS) is 12.2. The first-order valence-corrected chi connectivity index (χ1v) is 9.91. The number of carbonyl (C=O) groups is 2. The summed E-state index contributed by atoms with van der Waals surface area (Å²) in [6.07, 6.45) is 0. The molecule has 0 heterocycles. The molecule has 0 unspecified atom stereocenters. The van der Waals surface area contributed by atoms with Crippen LogP contribution in [-0.2, 0) is 21.5 Å². The maximum absolute atomic E-state index is 12.9. The number of ether oxygens (including phenoxy) is 1. The van der Waals surface area contributed by atoms with Crippen molar-refractivity contribution in [1.29, 1.82) is 0 Å². The summed E-state index contributed by atoms with van der Waals surface area (Å²) in [4.78, 5) is 26.6. The van der Waals surface area contributed by atoms with Crippen molar-refractivity contribution < 1.29 is 14.3 Å². The van der Waals surface area contributed by atoms with E-state index in [0.717, 1.165) is 11.1 Å². The van der Waals surface area contributed by atoms with Crippen LogP contribution in [0.5, 0.6) is 5.75 Å². The van der Waals surface area contributed by atoms with Gasteiger partial charge >= 0.3 is 0 Å². The van der Waals surface area contributed by atoms with Gasteiger partial charge in [-0.25, -0.2) is 0 Å². The monoisotopic (exact) mass is 396 g/mol. The maximum atomic E-state index is 12.9. The number of hydrogen-bond acceptors (Lipinski definition) is 3. The fraction of sp³-hybridized carbons (Fsp3) is 0.417. The van der Waals surface area contributed by atoms with Crippen molar-refractivity contribution in [3.63, 3.8) is 0 Å². The van der Waals surface area contributed by atoms with E-state index < -0.39 is 6.04 Å². The molecule has 0 saturated carbocycles. The number of carbonyl (C=O) groups excluding carboxylic acids is 2.